The van der Waals surface area contributed by atoms with Crippen LogP contribution in [0.25, 0.3) is 0 Å². The molecule has 12 heavy (non-hydrogen) atoms. The van der Waals surface area contributed by atoms with E-state index < -0.39 is 11.7 Å². The van der Waals surface area contributed by atoms with Crippen LogP contribution in [0.2, 0.25) is 0 Å². The van der Waals surface area contributed by atoms with Gasteiger partial charge in [-0.05, 0) is 5.92 Å². The fourth-order valence-electron chi connectivity index (χ4n) is 1.92. The van der Waals surface area contributed by atoms with Crippen LogP contribution >= 0.6 is 0 Å². The largest absolute Gasteiger partial charge is 0.396 e. The summed E-state index contributed by atoms with van der Waals surface area (Å²) in [5, 5.41) is 36.9. The van der Waals surface area contributed by atoms with Gasteiger partial charge in [-0.25, -0.2) is 0 Å². The molecule has 1 aliphatic carbocycles. The number of hydrogen-bond donors (Lipinski definition) is 4. The second kappa shape index (κ2) is 3.30. The average molecular weight is 176 g/mol. The van der Waals surface area contributed by atoms with Crippen molar-refractivity contribution in [2.24, 2.45) is 11.8 Å². The van der Waals surface area contributed by atoms with E-state index in [2.05, 4.69) is 0 Å². The van der Waals surface area contributed by atoms with Crippen molar-refractivity contribution in [3.05, 3.63) is 0 Å². The molecule has 1 aliphatic rings. The number of rotatable bonds is 2. The Labute approximate surface area is 71.5 Å². The van der Waals surface area contributed by atoms with Crippen LogP contribution in [0.5, 0.6) is 0 Å². The van der Waals surface area contributed by atoms with Gasteiger partial charge in [-0.1, -0.05) is 6.92 Å². The van der Waals surface area contributed by atoms with Gasteiger partial charge in [0.2, 0.25) is 0 Å². The lowest BCUT2D eigenvalue weighted by Crippen LogP contribution is -2.37. The van der Waals surface area contributed by atoms with E-state index in [4.69, 9.17) is 10.2 Å². The van der Waals surface area contributed by atoms with E-state index >= 15 is 0 Å². The highest BCUT2D eigenvalue weighted by molar-refractivity contribution is 4.99. The molecule has 0 bridgehead atoms. The third-order valence-electron chi connectivity index (χ3n) is 3.03. The van der Waals surface area contributed by atoms with Crippen LogP contribution in [0, 0.1) is 11.8 Å². The maximum atomic E-state index is 9.72. The first kappa shape index (κ1) is 9.92. The van der Waals surface area contributed by atoms with E-state index in [1.165, 1.54) is 0 Å². The van der Waals surface area contributed by atoms with E-state index in [0.717, 1.165) is 0 Å². The Morgan fingerprint density at radius 3 is 2.25 bits per heavy atom. The molecule has 0 heterocycles. The van der Waals surface area contributed by atoms with E-state index in [9.17, 15) is 10.2 Å². The highest BCUT2D eigenvalue weighted by Gasteiger charge is 2.49. The zero-order valence-corrected chi connectivity index (χ0v) is 7.14. The third-order valence-corrected chi connectivity index (χ3v) is 3.03. The molecular formula is C8H16O4. The Morgan fingerprint density at radius 1 is 1.42 bits per heavy atom. The summed E-state index contributed by atoms with van der Waals surface area (Å²) in [6, 6.07) is 0. The highest BCUT2D eigenvalue weighted by atomic mass is 16.3. The zero-order valence-electron chi connectivity index (χ0n) is 7.14. The minimum atomic E-state index is -1.22. The van der Waals surface area contributed by atoms with E-state index in [1.54, 1.807) is 6.92 Å². The summed E-state index contributed by atoms with van der Waals surface area (Å²) in [6.07, 6.45) is -0.558. The molecule has 4 unspecified atom stereocenters. The predicted octanol–water partition coefficient (Wildman–Crippen LogP) is -1.28. The van der Waals surface area contributed by atoms with Crippen molar-refractivity contribution in [2.45, 2.75) is 25.0 Å². The van der Waals surface area contributed by atoms with E-state index in [-0.39, 0.29) is 31.5 Å². The average Bonchev–Trinajstić information content (AvgIpc) is 2.25. The van der Waals surface area contributed by atoms with Crippen molar-refractivity contribution >= 4 is 0 Å². The predicted molar refractivity (Wildman–Crippen MR) is 42.4 cm³/mol. The molecule has 4 atom stereocenters. The zero-order chi connectivity index (χ0) is 9.35. The van der Waals surface area contributed by atoms with Crippen LogP contribution in [-0.4, -0.2) is 45.3 Å². The minimum absolute atomic E-state index is 0.148. The summed E-state index contributed by atoms with van der Waals surface area (Å²) in [5.41, 5.74) is -1.22. The van der Waals surface area contributed by atoms with Gasteiger partial charge in [-0.2, -0.15) is 0 Å². The Kier molecular flexibility index (Phi) is 2.73. The molecule has 1 saturated carbocycles. The molecule has 0 amide bonds. The van der Waals surface area contributed by atoms with Gasteiger partial charge in [0.05, 0.1) is 18.3 Å². The highest BCUT2D eigenvalue weighted by Crippen LogP contribution is 2.39. The first-order valence-corrected chi connectivity index (χ1v) is 4.17. The first-order chi connectivity index (χ1) is 5.55. The second-order valence-electron chi connectivity index (χ2n) is 3.67. The van der Waals surface area contributed by atoms with Gasteiger partial charge in [0, 0.05) is 18.9 Å². The first-order valence-electron chi connectivity index (χ1n) is 4.17. The molecule has 0 aromatic rings. The van der Waals surface area contributed by atoms with Crippen molar-refractivity contribution < 1.29 is 20.4 Å². The fraction of sp³-hybridized carbons (Fsp3) is 1.00. The summed E-state index contributed by atoms with van der Waals surface area (Å²) in [6.45, 7) is 1.22. The summed E-state index contributed by atoms with van der Waals surface area (Å²) in [7, 11) is 0. The van der Waals surface area contributed by atoms with E-state index in [0.29, 0.717) is 0 Å². The Bertz CT molecular complexity index is 161. The smallest absolute Gasteiger partial charge is 0.0931 e. The van der Waals surface area contributed by atoms with Crippen molar-refractivity contribution in [1.29, 1.82) is 0 Å². The third kappa shape index (κ3) is 1.35. The molecule has 0 aromatic carbocycles. The van der Waals surface area contributed by atoms with Crippen LogP contribution in [0.4, 0.5) is 0 Å². The Morgan fingerprint density at radius 2 is 2.00 bits per heavy atom. The van der Waals surface area contributed by atoms with Gasteiger partial charge in [-0.3, -0.25) is 0 Å². The molecule has 0 radical (unpaired) electrons. The van der Waals surface area contributed by atoms with Gasteiger partial charge < -0.3 is 20.4 Å². The normalized spacial score (nSPS) is 48.2. The molecule has 4 nitrogen and oxygen atoms in total. The lowest BCUT2D eigenvalue weighted by Gasteiger charge is -2.26. The van der Waals surface area contributed by atoms with Gasteiger partial charge in [0.1, 0.15) is 0 Å². The van der Waals surface area contributed by atoms with Gasteiger partial charge in [0.25, 0.3) is 0 Å². The molecule has 4 heteroatoms. The molecule has 0 spiro atoms. The maximum absolute atomic E-state index is 9.72. The summed E-state index contributed by atoms with van der Waals surface area (Å²) in [4.78, 5) is 0. The van der Waals surface area contributed by atoms with E-state index in [1.807, 2.05) is 0 Å². The molecule has 4 N–H and O–H groups in total. The Balaban J connectivity index is 2.74. The summed E-state index contributed by atoms with van der Waals surface area (Å²) in [5.74, 6) is -0.579. The van der Waals surface area contributed by atoms with Gasteiger partial charge in [0.15, 0.2) is 0 Å². The number of hydrogen-bond acceptors (Lipinski definition) is 4. The quantitative estimate of drug-likeness (QED) is 0.422. The van der Waals surface area contributed by atoms with Crippen LogP contribution in [0.3, 0.4) is 0 Å². The summed E-state index contributed by atoms with van der Waals surface area (Å²) < 4.78 is 0. The lowest BCUT2D eigenvalue weighted by molar-refractivity contribution is -0.0501. The molecule has 1 fully saturated rings. The van der Waals surface area contributed by atoms with Crippen molar-refractivity contribution in [2.75, 3.05) is 13.2 Å². The summed E-state index contributed by atoms with van der Waals surface area (Å²) >= 11 is 0. The number of aliphatic hydroxyl groups excluding tert-OH is 3. The minimum Gasteiger partial charge on any atom is -0.396 e. The molecule has 0 saturated heterocycles. The van der Waals surface area contributed by atoms with Crippen molar-refractivity contribution in [3.8, 4) is 0 Å². The maximum Gasteiger partial charge on any atom is 0.0931 e. The van der Waals surface area contributed by atoms with Crippen LogP contribution in [-0.2, 0) is 0 Å². The topological polar surface area (TPSA) is 80.9 Å². The van der Waals surface area contributed by atoms with Crippen LogP contribution in [0.1, 0.15) is 13.3 Å². The molecular weight excluding hydrogens is 160 g/mol. The standard InChI is InChI=1S/C8H16O4/c1-5-6(3-9)7(11)2-8(5,12)4-10/h5-7,9-12H,2-4H2,1H3. The second-order valence-corrected chi connectivity index (χ2v) is 3.67. The molecule has 0 aromatic heterocycles. The SMILES string of the molecule is CC1C(CO)C(O)CC1(O)CO. The number of aliphatic hydroxyl groups is 4. The molecule has 1 rings (SSSR count). The van der Waals surface area contributed by atoms with Crippen LogP contribution in [0.15, 0.2) is 0 Å². The van der Waals surface area contributed by atoms with Crippen molar-refractivity contribution in [1.82, 2.24) is 0 Å². The van der Waals surface area contributed by atoms with Gasteiger partial charge in [-0.15, -0.1) is 0 Å². The fourth-order valence-corrected chi connectivity index (χ4v) is 1.92. The van der Waals surface area contributed by atoms with Crippen LogP contribution < -0.4 is 0 Å². The molecule has 0 aliphatic heterocycles. The molecule has 72 valence electrons. The van der Waals surface area contributed by atoms with Crippen molar-refractivity contribution in [3.63, 3.8) is 0 Å². The lowest BCUT2D eigenvalue weighted by atomic mass is 9.88. The Hall–Kier alpha value is -0.160. The monoisotopic (exact) mass is 176 g/mol. The van der Waals surface area contributed by atoms with Gasteiger partial charge >= 0.3 is 0 Å².